The third kappa shape index (κ3) is 3.38. The highest BCUT2D eigenvalue weighted by Crippen LogP contribution is 2.51. The van der Waals surface area contributed by atoms with Crippen molar-refractivity contribution in [2.45, 2.75) is 31.1 Å². The van der Waals surface area contributed by atoms with Crippen molar-refractivity contribution in [3.63, 3.8) is 0 Å². The Morgan fingerprint density at radius 3 is 2.37 bits per heavy atom. The molecule has 0 bridgehead atoms. The quantitative estimate of drug-likeness (QED) is 0.550. The third-order valence-electron chi connectivity index (χ3n) is 6.57. The van der Waals surface area contributed by atoms with Gasteiger partial charge in [0.25, 0.3) is 0 Å². The van der Waals surface area contributed by atoms with E-state index in [1.54, 1.807) is 24.3 Å². The standard InChI is InChI=1S/C24H27NO4S/c1-17-9-11-21(12-10-17)30(27,28)25-15-20-13-22(19-7-5-4-6-8-19)18(2)14-24(20,16-25)23(26)29-3/h4-12,14,20,22H,13,15-16H2,1-3H3/t20-,22+,24-/m0/s1. The van der Waals surface area contributed by atoms with E-state index in [1.807, 2.05) is 38.1 Å². The number of aryl methyl sites for hydroxylation is 1. The summed E-state index contributed by atoms with van der Waals surface area (Å²) < 4.78 is 33.3. The Morgan fingerprint density at radius 2 is 1.73 bits per heavy atom. The number of rotatable bonds is 4. The first-order chi connectivity index (χ1) is 14.3. The summed E-state index contributed by atoms with van der Waals surface area (Å²) in [7, 11) is -2.32. The van der Waals surface area contributed by atoms with E-state index < -0.39 is 15.4 Å². The van der Waals surface area contributed by atoms with Crippen LogP contribution in [0.15, 0.2) is 71.1 Å². The van der Waals surface area contributed by atoms with Crippen LogP contribution in [0.25, 0.3) is 0 Å². The number of carbonyl (C=O) groups excluding carboxylic acids is 1. The lowest BCUT2D eigenvalue weighted by atomic mass is 9.65. The SMILES string of the molecule is COC(=O)[C@]12C=C(C)[C@H](c3ccccc3)C[C@H]1CN(S(=O)(=O)c1ccc(C)cc1)C2. The largest absolute Gasteiger partial charge is 0.468 e. The van der Waals surface area contributed by atoms with Gasteiger partial charge in [0.2, 0.25) is 10.0 Å². The number of hydrogen-bond acceptors (Lipinski definition) is 4. The molecule has 1 heterocycles. The summed E-state index contributed by atoms with van der Waals surface area (Å²) in [6.45, 7) is 4.36. The first kappa shape index (κ1) is 20.8. The second-order valence-electron chi connectivity index (χ2n) is 8.43. The average molecular weight is 426 g/mol. The maximum absolute atomic E-state index is 13.3. The molecule has 4 rings (SSSR count). The van der Waals surface area contributed by atoms with Crippen molar-refractivity contribution in [3.05, 3.63) is 77.4 Å². The number of methoxy groups -OCH3 is 1. The summed E-state index contributed by atoms with van der Waals surface area (Å²) in [5.74, 6) is -0.338. The van der Waals surface area contributed by atoms with Crippen LogP contribution >= 0.6 is 0 Å². The topological polar surface area (TPSA) is 63.7 Å². The van der Waals surface area contributed by atoms with E-state index in [4.69, 9.17) is 4.74 Å². The minimum absolute atomic E-state index is 0.111. The molecule has 0 amide bonds. The number of nitrogens with zero attached hydrogens (tertiary/aromatic N) is 1. The molecular weight excluding hydrogens is 398 g/mol. The summed E-state index contributed by atoms with van der Waals surface area (Å²) in [6.07, 6.45) is 2.68. The van der Waals surface area contributed by atoms with Crippen molar-refractivity contribution >= 4 is 16.0 Å². The molecule has 1 saturated heterocycles. The molecule has 0 aromatic heterocycles. The van der Waals surface area contributed by atoms with Gasteiger partial charge in [0.1, 0.15) is 5.41 Å². The van der Waals surface area contributed by atoms with E-state index in [9.17, 15) is 13.2 Å². The zero-order chi connectivity index (χ0) is 21.5. The summed E-state index contributed by atoms with van der Waals surface area (Å²) in [4.78, 5) is 13.2. The summed E-state index contributed by atoms with van der Waals surface area (Å²) in [6, 6.07) is 17.0. The lowest BCUT2D eigenvalue weighted by Crippen LogP contribution is -2.42. The van der Waals surface area contributed by atoms with Gasteiger partial charge in [-0.15, -0.1) is 0 Å². The van der Waals surface area contributed by atoms with Gasteiger partial charge in [-0.3, -0.25) is 4.79 Å². The second kappa shape index (κ2) is 7.67. The van der Waals surface area contributed by atoms with Crippen LogP contribution in [-0.2, 0) is 19.6 Å². The smallest absolute Gasteiger partial charge is 0.317 e. The first-order valence-electron chi connectivity index (χ1n) is 10.2. The van der Waals surface area contributed by atoms with Gasteiger partial charge in [-0.1, -0.05) is 59.7 Å². The molecule has 0 spiro atoms. The maximum atomic E-state index is 13.3. The molecular formula is C24H27NO4S. The zero-order valence-electron chi connectivity index (χ0n) is 17.5. The van der Waals surface area contributed by atoms with Crippen LogP contribution in [0.1, 0.15) is 30.4 Å². The van der Waals surface area contributed by atoms with Crippen molar-refractivity contribution in [2.24, 2.45) is 11.3 Å². The predicted octanol–water partition coefficient (Wildman–Crippen LogP) is 3.91. The number of esters is 1. The van der Waals surface area contributed by atoms with Gasteiger partial charge in [0.15, 0.2) is 0 Å². The molecule has 2 aromatic rings. The monoisotopic (exact) mass is 425 g/mol. The third-order valence-corrected chi connectivity index (χ3v) is 8.40. The van der Waals surface area contributed by atoms with E-state index in [-0.39, 0.29) is 29.2 Å². The average Bonchev–Trinajstić information content (AvgIpc) is 3.14. The van der Waals surface area contributed by atoms with Crippen LogP contribution in [0, 0.1) is 18.3 Å². The van der Waals surface area contributed by atoms with Crippen molar-refractivity contribution in [1.29, 1.82) is 0 Å². The molecule has 3 atom stereocenters. The van der Waals surface area contributed by atoms with Crippen molar-refractivity contribution in [1.82, 2.24) is 4.31 Å². The highest BCUT2D eigenvalue weighted by molar-refractivity contribution is 7.89. The number of allylic oxidation sites excluding steroid dienone is 1. The van der Waals surface area contributed by atoms with E-state index in [1.165, 1.54) is 17.0 Å². The van der Waals surface area contributed by atoms with Gasteiger partial charge in [0.05, 0.1) is 12.0 Å². The van der Waals surface area contributed by atoms with E-state index in [2.05, 4.69) is 12.1 Å². The summed E-state index contributed by atoms with van der Waals surface area (Å²) in [5.41, 5.74) is 2.32. The van der Waals surface area contributed by atoms with Gasteiger partial charge >= 0.3 is 5.97 Å². The molecule has 2 aromatic carbocycles. The van der Waals surface area contributed by atoms with Crippen LogP contribution in [0.2, 0.25) is 0 Å². The van der Waals surface area contributed by atoms with Crippen molar-refractivity contribution < 1.29 is 17.9 Å². The number of ether oxygens (including phenoxy) is 1. The Labute approximate surface area is 178 Å². The fraction of sp³-hybridized carbons (Fsp3) is 0.375. The lowest BCUT2D eigenvalue weighted by molar-refractivity contribution is -0.151. The van der Waals surface area contributed by atoms with E-state index in [0.717, 1.165) is 11.1 Å². The number of carbonyl (C=O) groups is 1. The predicted molar refractivity (Wildman–Crippen MR) is 115 cm³/mol. The molecule has 5 nitrogen and oxygen atoms in total. The maximum Gasteiger partial charge on any atom is 0.317 e. The normalized spacial score (nSPS) is 26.7. The molecule has 0 unspecified atom stereocenters. The van der Waals surface area contributed by atoms with Gasteiger partial charge in [-0.2, -0.15) is 4.31 Å². The van der Waals surface area contributed by atoms with Crippen LogP contribution < -0.4 is 0 Å². The summed E-state index contributed by atoms with van der Waals surface area (Å²) in [5, 5.41) is 0. The van der Waals surface area contributed by atoms with Gasteiger partial charge in [0, 0.05) is 19.0 Å². The fourth-order valence-corrected chi connectivity index (χ4v) is 6.46. The Hall–Kier alpha value is -2.44. The number of benzene rings is 2. The molecule has 30 heavy (non-hydrogen) atoms. The molecule has 6 heteroatoms. The van der Waals surface area contributed by atoms with E-state index in [0.29, 0.717) is 13.0 Å². The molecule has 2 aliphatic rings. The molecule has 0 saturated carbocycles. The molecule has 0 radical (unpaired) electrons. The Balaban J connectivity index is 1.72. The summed E-state index contributed by atoms with van der Waals surface area (Å²) >= 11 is 0. The van der Waals surface area contributed by atoms with Crippen LogP contribution in [0.3, 0.4) is 0 Å². The van der Waals surface area contributed by atoms with Gasteiger partial charge in [-0.05, 0) is 43.9 Å². The van der Waals surface area contributed by atoms with Gasteiger partial charge < -0.3 is 4.74 Å². The number of hydrogen-bond donors (Lipinski definition) is 0. The molecule has 1 aliphatic carbocycles. The minimum atomic E-state index is -3.70. The van der Waals surface area contributed by atoms with E-state index >= 15 is 0 Å². The second-order valence-corrected chi connectivity index (χ2v) is 10.4. The lowest BCUT2D eigenvalue weighted by Gasteiger charge is -2.37. The first-order valence-corrected chi connectivity index (χ1v) is 11.6. The van der Waals surface area contributed by atoms with Crippen molar-refractivity contribution in [2.75, 3.05) is 20.2 Å². The minimum Gasteiger partial charge on any atom is -0.468 e. The molecule has 1 aliphatic heterocycles. The van der Waals surface area contributed by atoms with Crippen LogP contribution in [0.5, 0.6) is 0 Å². The molecule has 158 valence electrons. The zero-order valence-corrected chi connectivity index (χ0v) is 18.4. The van der Waals surface area contributed by atoms with Crippen LogP contribution in [0.4, 0.5) is 0 Å². The Bertz CT molecular complexity index is 1080. The number of fused-ring (bicyclic) bond motifs is 1. The van der Waals surface area contributed by atoms with Crippen molar-refractivity contribution in [3.8, 4) is 0 Å². The highest BCUT2D eigenvalue weighted by Gasteiger charge is 2.56. The molecule has 1 fully saturated rings. The highest BCUT2D eigenvalue weighted by atomic mass is 32.2. The van der Waals surface area contributed by atoms with Crippen LogP contribution in [-0.4, -0.2) is 38.9 Å². The Kier molecular flexibility index (Phi) is 5.32. The number of sulfonamides is 1. The van der Waals surface area contributed by atoms with Gasteiger partial charge in [-0.25, -0.2) is 8.42 Å². The molecule has 0 N–H and O–H groups in total. The Morgan fingerprint density at radius 1 is 1.07 bits per heavy atom. The fourth-order valence-electron chi connectivity index (χ4n) is 4.93.